The molecule has 0 radical (unpaired) electrons. The molecule has 4 rings (SSSR count). The molecule has 0 N–H and O–H groups in total. The van der Waals surface area contributed by atoms with Crippen LogP contribution in [0, 0.1) is 13.8 Å². The van der Waals surface area contributed by atoms with Gasteiger partial charge in [0.1, 0.15) is 10.7 Å². The molecular weight excluding hydrogens is 354 g/mol. The third-order valence-electron chi connectivity index (χ3n) is 4.93. The first-order chi connectivity index (χ1) is 12.5. The number of aryl methyl sites for hydroxylation is 2. The monoisotopic (exact) mass is 375 g/mol. The molecule has 26 heavy (non-hydrogen) atoms. The number of morpholine rings is 1. The Bertz CT molecular complexity index is 929. The Morgan fingerprint density at radius 1 is 1.15 bits per heavy atom. The molecule has 9 heteroatoms. The number of hydrogen-bond donors (Lipinski definition) is 0. The number of rotatable bonds is 2. The van der Waals surface area contributed by atoms with Crippen LogP contribution in [0.5, 0.6) is 0 Å². The first-order valence-corrected chi connectivity index (χ1v) is 9.42. The number of aromatic nitrogens is 3. The van der Waals surface area contributed by atoms with Crippen LogP contribution in [-0.2, 0) is 24.9 Å². The van der Waals surface area contributed by atoms with Gasteiger partial charge in [0.2, 0.25) is 0 Å². The van der Waals surface area contributed by atoms with Crippen LogP contribution in [-0.4, -0.2) is 51.6 Å². The molecule has 0 bridgehead atoms. The van der Waals surface area contributed by atoms with Gasteiger partial charge in [-0.25, -0.2) is 9.97 Å². The third kappa shape index (κ3) is 2.80. The van der Waals surface area contributed by atoms with Gasteiger partial charge >= 0.3 is 0 Å². The zero-order valence-electron chi connectivity index (χ0n) is 15.1. The van der Waals surface area contributed by atoms with Gasteiger partial charge < -0.3 is 14.5 Å². The molecule has 8 nitrogen and oxygen atoms in total. The van der Waals surface area contributed by atoms with Crippen LogP contribution < -0.4 is 10.5 Å². The number of amides is 1. The topological polar surface area (TPSA) is 80.6 Å². The first-order valence-electron chi connectivity index (χ1n) is 8.60. The first kappa shape index (κ1) is 17.2. The lowest BCUT2D eigenvalue weighted by molar-refractivity contribution is 0.0754. The van der Waals surface area contributed by atoms with Gasteiger partial charge in [0.25, 0.3) is 11.5 Å². The van der Waals surface area contributed by atoms with Crippen molar-refractivity contribution in [2.24, 2.45) is 7.05 Å². The molecule has 0 aliphatic carbocycles. The second-order valence-electron chi connectivity index (χ2n) is 6.62. The summed E-state index contributed by atoms with van der Waals surface area (Å²) in [5, 5.41) is 0.857. The van der Waals surface area contributed by atoms with E-state index in [1.54, 1.807) is 18.9 Å². The van der Waals surface area contributed by atoms with E-state index in [2.05, 4.69) is 14.9 Å². The zero-order valence-corrected chi connectivity index (χ0v) is 15.9. The fourth-order valence-corrected chi connectivity index (χ4v) is 4.37. The van der Waals surface area contributed by atoms with Crippen LogP contribution in [0.3, 0.4) is 0 Å². The van der Waals surface area contributed by atoms with Gasteiger partial charge in [-0.1, -0.05) is 11.3 Å². The summed E-state index contributed by atoms with van der Waals surface area (Å²) in [6, 6.07) is 0. The summed E-state index contributed by atoms with van der Waals surface area (Å²) >= 11 is 1.41. The highest BCUT2D eigenvalue weighted by Crippen LogP contribution is 2.30. The maximum absolute atomic E-state index is 13.0. The SMILES string of the molecule is Cc1nc(N2CCOCC2)sc1C(=O)N1Cc2nc(C)n(C)c(=O)c2C1. The maximum atomic E-state index is 13.0. The van der Waals surface area contributed by atoms with Crippen LogP contribution in [0.1, 0.15) is 32.4 Å². The van der Waals surface area contributed by atoms with E-state index in [9.17, 15) is 9.59 Å². The normalized spacial score (nSPS) is 16.9. The van der Waals surface area contributed by atoms with E-state index < -0.39 is 0 Å². The summed E-state index contributed by atoms with van der Waals surface area (Å²) in [5.41, 5.74) is 1.98. The van der Waals surface area contributed by atoms with Gasteiger partial charge in [0.05, 0.1) is 43.3 Å². The minimum absolute atomic E-state index is 0.0715. The molecule has 1 fully saturated rings. The fourth-order valence-electron chi connectivity index (χ4n) is 3.29. The number of anilines is 1. The second kappa shape index (κ2) is 6.48. The molecule has 2 aliphatic rings. The highest BCUT2D eigenvalue weighted by Gasteiger charge is 2.31. The van der Waals surface area contributed by atoms with E-state index >= 15 is 0 Å². The van der Waals surface area contributed by atoms with Gasteiger partial charge in [-0.15, -0.1) is 0 Å². The molecule has 0 unspecified atom stereocenters. The van der Waals surface area contributed by atoms with Gasteiger partial charge in [0, 0.05) is 20.1 Å². The smallest absolute Gasteiger partial charge is 0.266 e. The molecule has 0 saturated carbocycles. The fraction of sp³-hybridized carbons (Fsp3) is 0.529. The molecule has 0 atom stereocenters. The highest BCUT2D eigenvalue weighted by atomic mass is 32.1. The lowest BCUT2D eigenvalue weighted by Crippen LogP contribution is -2.36. The van der Waals surface area contributed by atoms with Crippen molar-refractivity contribution in [1.82, 2.24) is 19.4 Å². The van der Waals surface area contributed by atoms with Crippen LogP contribution in [0.25, 0.3) is 0 Å². The average Bonchev–Trinajstić information content (AvgIpc) is 3.24. The zero-order chi connectivity index (χ0) is 18.4. The van der Waals surface area contributed by atoms with Crippen molar-refractivity contribution >= 4 is 22.4 Å². The van der Waals surface area contributed by atoms with Crippen molar-refractivity contribution in [2.45, 2.75) is 26.9 Å². The summed E-state index contributed by atoms with van der Waals surface area (Å²) in [7, 11) is 1.71. The van der Waals surface area contributed by atoms with Crippen molar-refractivity contribution < 1.29 is 9.53 Å². The molecule has 1 saturated heterocycles. The maximum Gasteiger partial charge on any atom is 0.266 e. The minimum atomic E-state index is -0.0859. The lowest BCUT2D eigenvalue weighted by atomic mass is 10.2. The largest absolute Gasteiger partial charge is 0.378 e. The molecular formula is C17H21N5O3S. The molecule has 2 aromatic rings. The predicted molar refractivity (Wildman–Crippen MR) is 97.7 cm³/mol. The van der Waals surface area contributed by atoms with Crippen LogP contribution in [0.15, 0.2) is 4.79 Å². The van der Waals surface area contributed by atoms with Crippen LogP contribution >= 0.6 is 11.3 Å². The molecule has 0 aromatic carbocycles. The standard InChI is InChI=1S/C17H21N5O3S/c1-10-14(26-17(18-10)21-4-6-25-7-5-21)16(24)22-8-12-13(9-22)19-11(2)20(3)15(12)23/h4-9H2,1-3H3. The van der Waals surface area contributed by atoms with E-state index in [1.165, 1.54) is 15.9 Å². The molecule has 4 heterocycles. The van der Waals surface area contributed by atoms with Crippen molar-refractivity contribution in [2.75, 3.05) is 31.2 Å². The molecule has 138 valence electrons. The Morgan fingerprint density at radius 2 is 1.88 bits per heavy atom. The van der Waals surface area contributed by atoms with E-state index in [4.69, 9.17) is 4.74 Å². The molecule has 0 spiro atoms. The summed E-state index contributed by atoms with van der Waals surface area (Å²) in [5.74, 6) is 0.573. The Hall–Kier alpha value is -2.26. The second-order valence-corrected chi connectivity index (χ2v) is 7.60. The van der Waals surface area contributed by atoms with E-state index in [0.717, 1.165) is 23.9 Å². The van der Waals surface area contributed by atoms with Crippen molar-refractivity contribution in [3.63, 3.8) is 0 Å². The van der Waals surface area contributed by atoms with Gasteiger partial charge in [-0.2, -0.15) is 0 Å². The van der Waals surface area contributed by atoms with Crippen molar-refractivity contribution in [3.8, 4) is 0 Å². The summed E-state index contributed by atoms with van der Waals surface area (Å²) < 4.78 is 6.90. The minimum Gasteiger partial charge on any atom is -0.378 e. The van der Waals surface area contributed by atoms with Crippen LogP contribution in [0.2, 0.25) is 0 Å². The molecule has 2 aliphatic heterocycles. The van der Waals surface area contributed by atoms with Crippen molar-refractivity contribution in [1.29, 1.82) is 0 Å². The number of nitrogens with zero attached hydrogens (tertiary/aromatic N) is 5. The number of hydrogen-bond acceptors (Lipinski definition) is 7. The van der Waals surface area contributed by atoms with Gasteiger partial charge in [-0.05, 0) is 13.8 Å². The van der Waals surface area contributed by atoms with Crippen LogP contribution in [0.4, 0.5) is 5.13 Å². The average molecular weight is 375 g/mol. The summed E-state index contributed by atoms with van der Waals surface area (Å²) in [6.45, 7) is 7.26. The van der Waals surface area contributed by atoms with E-state index in [1.807, 2.05) is 6.92 Å². The number of carbonyl (C=O) groups excluding carboxylic acids is 1. The Labute approximate surface area is 155 Å². The molecule has 1 amide bonds. The third-order valence-corrected chi connectivity index (χ3v) is 6.14. The van der Waals surface area contributed by atoms with Gasteiger partial charge in [-0.3, -0.25) is 14.2 Å². The number of fused-ring (bicyclic) bond motifs is 1. The quantitative estimate of drug-likeness (QED) is 0.774. The highest BCUT2D eigenvalue weighted by molar-refractivity contribution is 7.17. The Balaban J connectivity index is 1.58. The van der Waals surface area contributed by atoms with Gasteiger partial charge in [0.15, 0.2) is 5.13 Å². The number of carbonyl (C=O) groups is 1. The van der Waals surface area contributed by atoms with E-state index in [0.29, 0.717) is 48.3 Å². The Kier molecular flexibility index (Phi) is 4.28. The Morgan fingerprint density at radius 3 is 2.62 bits per heavy atom. The number of thiazole rings is 1. The summed E-state index contributed by atoms with van der Waals surface area (Å²) in [4.78, 5) is 39.0. The predicted octanol–water partition coefficient (Wildman–Crippen LogP) is 0.846. The lowest BCUT2D eigenvalue weighted by Gasteiger charge is -2.26. The number of ether oxygens (including phenoxy) is 1. The summed E-state index contributed by atoms with van der Waals surface area (Å²) in [6.07, 6.45) is 0. The van der Waals surface area contributed by atoms with E-state index in [-0.39, 0.29) is 11.5 Å². The molecule has 2 aromatic heterocycles. The van der Waals surface area contributed by atoms with Crippen molar-refractivity contribution in [3.05, 3.63) is 38.0 Å².